The molecule has 1 aromatic heterocycles. The van der Waals surface area contributed by atoms with Gasteiger partial charge in [-0.25, -0.2) is 0 Å². The molecule has 8 nitrogen and oxygen atoms in total. The zero-order valence-electron chi connectivity index (χ0n) is 22.0. The Morgan fingerprint density at radius 2 is 1.51 bits per heavy atom. The minimum atomic E-state index is -0.281. The second-order valence-electron chi connectivity index (χ2n) is 9.47. The molecular formula is C33H26N4O4. The van der Waals surface area contributed by atoms with Gasteiger partial charge in [-0.15, -0.1) is 0 Å². The summed E-state index contributed by atoms with van der Waals surface area (Å²) < 4.78 is 11.0. The predicted octanol–water partition coefficient (Wildman–Crippen LogP) is 6.54. The van der Waals surface area contributed by atoms with E-state index >= 15 is 0 Å². The number of rotatable bonds is 8. The van der Waals surface area contributed by atoms with E-state index in [0.29, 0.717) is 34.7 Å². The molecule has 2 heterocycles. The van der Waals surface area contributed by atoms with Gasteiger partial charge in [0.1, 0.15) is 6.26 Å². The van der Waals surface area contributed by atoms with Crippen molar-refractivity contribution in [3.8, 4) is 0 Å². The normalized spacial score (nSPS) is 12.8. The van der Waals surface area contributed by atoms with Gasteiger partial charge in [-0.1, -0.05) is 54.6 Å². The standard InChI is InChI=1S/C33H26N4O4/c38-32(23-10-5-2-6-11-23)34-26-12-7-13-27(19-26)35-33(39)24-14-15-28-29(17-24)36-37-30(28)18-25(31-20-40-21-41-31)16-22-8-3-1-4-9-22/h1-15,17-20H,16,21H2,(H,34,38)(H,35,39)(H,36,37). The van der Waals surface area contributed by atoms with Crippen molar-refractivity contribution in [2.45, 2.75) is 6.42 Å². The number of ether oxygens (including phenoxy) is 2. The van der Waals surface area contributed by atoms with Crippen LogP contribution in [0.15, 0.2) is 121 Å². The number of nitrogens with one attached hydrogen (secondary N) is 3. The molecule has 4 aromatic carbocycles. The Bertz CT molecular complexity index is 1780. The lowest BCUT2D eigenvalue weighted by Crippen LogP contribution is -2.14. The van der Waals surface area contributed by atoms with E-state index in [1.54, 1.807) is 54.8 Å². The van der Waals surface area contributed by atoms with Gasteiger partial charge in [0.25, 0.3) is 11.8 Å². The van der Waals surface area contributed by atoms with Gasteiger partial charge in [0.15, 0.2) is 5.76 Å². The molecule has 5 aromatic rings. The fourth-order valence-electron chi connectivity index (χ4n) is 4.56. The van der Waals surface area contributed by atoms with Crippen LogP contribution in [0.25, 0.3) is 17.0 Å². The number of hydrogen-bond acceptors (Lipinski definition) is 5. The molecule has 0 unspecified atom stereocenters. The van der Waals surface area contributed by atoms with Gasteiger partial charge in [-0.2, -0.15) is 5.10 Å². The number of anilines is 2. The minimum absolute atomic E-state index is 0.184. The molecule has 202 valence electrons. The quantitative estimate of drug-likeness (QED) is 0.207. The molecule has 0 aliphatic carbocycles. The number of carbonyl (C=O) groups excluding carboxylic acids is 2. The van der Waals surface area contributed by atoms with Crippen LogP contribution in [0.5, 0.6) is 0 Å². The minimum Gasteiger partial charge on any atom is -0.461 e. The summed E-state index contributed by atoms with van der Waals surface area (Å²) in [4.78, 5) is 25.6. The largest absolute Gasteiger partial charge is 0.461 e. The van der Waals surface area contributed by atoms with E-state index in [2.05, 4.69) is 33.0 Å². The molecule has 2 amide bonds. The van der Waals surface area contributed by atoms with Gasteiger partial charge in [0, 0.05) is 39.9 Å². The summed E-state index contributed by atoms with van der Waals surface area (Å²) in [5.41, 5.74) is 5.69. The highest BCUT2D eigenvalue weighted by atomic mass is 16.7. The highest BCUT2D eigenvalue weighted by Gasteiger charge is 2.16. The van der Waals surface area contributed by atoms with Crippen LogP contribution in [0.1, 0.15) is 32.0 Å². The van der Waals surface area contributed by atoms with Crippen molar-refractivity contribution in [3.05, 3.63) is 143 Å². The number of aromatic nitrogens is 2. The second kappa shape index (κ2) is 11.6. The van der Waals surface area contributed by atoms with Crippen molar-refractivity contribution < 1.29 is 19.1 Å². The number of H-pyrrole nitrogens is 1. The summed E-state index contributed by atoms with van der Waals surface area (Å²) in [5, 5.41) is 14.2. The van der Waals surface area contributed by atoms with E-state index in [9.17, 15) is 9.59 Å². The first kappa shape index (κ1) is 25.6. The number of amides is 2. The highest BCUT2D eigenvalue weighted by Crippen LogP contribution is 2.27. The lowest BCUT2D eigenvalue weighted by Gasteiger charge is -2.09. The number of nitrogens with zero attached hydrogens (tertiary/aromatic N) is 1. The molecule has 1 aliphatic rings. The van der Waals surface area contributed by atoms with E-state index in [1.165, 1.54) is 0 Å². The fourth-order valence-corrected chi connectivity index (χ4v) is 4.56. The molecule has 0 fully saturated rings. The third-order valence-corrected chi connectivity index (χ3v) is 6.61. The number of benzene rings is 4. The zero-order valence-corrected chi connectivity index (χ0v) is 22.0. The number of aromatic amines is 1. The summed E-state index contributed by atoms with van der Waals surface area (Å²) >= 11 is 0. The number of fused-ring (bicyclic) bond motifs is 1. The van der Waals surface area contributed by atoms with Crippen LogP contribution in [0.2, 0.25) is 0 Å². The summed E-state index contributed by atoms with van der Waals surface area (Å²) in [6.07, 6.45) is 4.24. The van der Waals surface area contributed by atoms with Gasteiger partial charge in [0.05, 0.1) is 11.2 Å². The Hall–Kier alpha value is -5.63. The first-order chi connectivity index (χ1) is 20.1. The van der Waals surface area contributed by atoms with Crippen LogP contribution in [0.4, 0.5) is 11.4 Å². The van der Waals surface area contributed by atoms with Crippen LogP contribution >= 0.6 is 0 Å². The van der Waals surface area contributed by atoms with Gasteiger partial charge in [-0.05, 0) is 60.2 Å². The average Bonchev–Trinajstić information content (AvgIpc) is 3.68. The van der Waals surface area contributed by atoms with E-state index in [4.69, 9.17) is 9.47 Å². The van der Waals surface area contributed by atoms with Crippen molar-refractivity contribution in [1.29, 1.82) is 0 Å². The summed E-state index contributed by atoms with van der Waals surface area (Å²) in [5.74, 6) is 0.165. The Balaban J connectivity index is 1.19. The van der Waals surface area contributed by atoms with Gasteiger partial charge in [0.2, 0.25) is 6.79 Å². The van der Waals surface area contributed by atoms with Crippen LogP contribution in [-0.4, -0.2) is 28.8 Å². The van der Waals surface area contributed by atoms with Crippen molar-refractivity contribution in [3.63, 3.8) is 0 Å². The first-order valence-electron chi connectivity index (χ1n) is 13.1. The summed E-state index contributed by atoms with van der Waals surface area (Å²) in [6.45, 7) is 0.184. The maximum atomic E-state index is 13.1. The van der Waals surface area contributed by atoms with Crippen LogP contribution in [0.3, 0.4) is 0 Å². The smallest absolute Gasteiger partial charge is 0.255 e. The second-order valence-corrected chi connectivity index (χ2v) is 9.47. The third-order valence-electron chi connectivity index (χ3n) is 6.61. The van der Waals surface area contributed by atoms with Crippen LogP contribution < -0.4 is 10.6 Å². The Kier molecular flexibility index (Phi) is 7.27. The molecule has 1 aliphatic heterocycles. The molecule has 0 atom stereocenters. The van der Waals surface area contributed by atoms with Crippen LogP contribution in [-0.2, 0) is 15.9 Å². The van der Waals surface area contributed by atoms with E-state index in [1.807, 2.05) is 48.5 Å². The molecule has 0 spiro atoms. The Morgan fingerprint density at radius 3 is 2.22 bits per heavy atom. The highest BCUT2D eigenvalue weighted by molar-refractivity contribution is 6.07. The van der Waals surface area contributed by atoms with Crippen molar-refractivity contribution in [2.75, 3.05) is 17.4 Å². The summed E-state index contributed by atoms with van der Waals surface area (Å²) in [7, 11) is 0. The number of hydrogen-bond donors (Lipinski definition) is 3. The van der Waals surface area contributed by atoms with Crippen molar-refractivity contribution in [2.24, 2.45) is 0 Å². The van der Waals surface area contributed by atoms with Gasteiger partial charge < -0.3 is 20.1 Å². The molecule has 41 heavy (non-hydrogen) atoms. The molecule has 0 saturated heterocycles. The topological polar surface area (TPSA) is 105 Å². The van der Waals surface area contributed by atoms with E-state index in [0.717, 1.165) is 27.7 Å². The van der Waals surface area contributed by atoms with Crippen molar-refractivity contribution in [1.82, 2.24) is 10.2 Å². The molecule has 0 bridgehead atoms. The molecule has 8 heteroatoms. The molecular weight excluding hydrogens is 516 g/mol. The van der Waals surface area contributed by atoms with E-state index < -0.39 is 0 Å². The van der Waals surface area contributed by atoms with E-state index in [-0.39, 0.29) is 18.6 Å². The number of carbonyl (C=O) groups is 2. The molecule has 0 radical (unpaired) electrons. The molecule has 0 saturated carbocycles. The van der Waals surface area contributed by atoms with Gasteiger partial charge in [-0.3, -0.25) is 14.7 Å². The van der Waals surface area contributed by atoms with Gasteiger partial charge >= 0.3 is 0 Å². The Labute approximate surface area is 236 Å². The zero-order chi connectivity index (χ0) is 28.0. The third kappa shape index (κ3) is 6.02. The van der Waals surface area contributed by atoms with Crippen LogP contribution in [0, 0.1) is 0 Å². The maximum Gasteiger partial charge on any atom is 0.255 e. The lowest BCUT2D eigenvalue weighted by molar-refractivity contribution is 0.0830. The Morgan fingerprint density at radius 1 is 0.805 bits per heavy atom. The van der Waals surface area contributed by atoms with Crippen molar-refractivity contribution >= 4 is 40.2 Å². The monoisotopic (exact) mass is 542 g/mol. The predicted molar refractivity (Wildman–Crippen MR) is 158 cm³/mol. The SMILES string of the molecule is O=C(Nc1cccc(NC(=O)c2ccc3c(C=C(Cc4ccccc4)C4=COCO4)n[nH]c3c2)c1)c1ccccc1. The average molecular weight is 543 g/mol. The lowest BCUT2D eigenvalue weighted by atomic mass is 10.0. The molecule has 6 rings (SSSR count). The number of allylic oxidation sites excluding steroid dienone is 1. The summed E-state index contributed by atoms with van der Waals surface area (Å²) in [6, 6.07) is 31.5. The maximum absolute atomic E-state index is 13.1. The molecule has 3 N–H and O–H groups in total. The fraction of sp³-hybridized carbons (Fsp3) is 0.0606. The first-order valence-corrected chi connectivity index (χ1v) is 13.1.